The first-order valence-electron chi connectivity index (χ1n) is 7.07. The van der Waals surface area contributed by atoms with Gasteiger partial charge in [0.05, 0.1) is 0 Å². The van der Waals surface area contributed by atoms with Crippen molar-refractivity contribution in [1.82, 2.24) is 15.1 Å². The van der Waals surface area contributed by atoms with Gasteiger partial charge < -0.3 is 14.6 Å². The van der Waals surface area contributed by atoms with Gasteiger partial charge in [0.1, 0.15) is 19.0 Å². The molecule has 1 amide bonds. The molecule has 0 aliphatic heterocycles. The normalized spacial score (nSPS) is 10.5. The number of pyridine rings is 1. The Morgan fingerprint density at radius 3 is 3.00 bits per heavy atom. The number of carbonyl (C=O) groups is 1. The van der Waals surface area contributed by atoms with Gasteiger partial charge in [-0.2, -0.15) is 4.98 Å². The lowest BCUT2D eigenvalue weighted by atomic mass is 10.3. The molecule has 0 saturated heterocycles. The molecular formula is C16H13FN4O3. The summed E-state index contributed by atoms with van der Waals surface area (Å²) in [7, 11) is 0. The Bertz CT molecular complexity index is 823. The molecule has 7 nitrogen and oxygen atoms in total. The van der Waals surface area contributed by atoms with Gasteiger partial charge in [0.2, 0.25) is 11.7 Å². The summed E-state index contributed by atoms with van der Waals surface area (Å²) in [6.45, 7) is -0.231. The zero-order valence-corrected chi connectivity index (χ0v) is 12.5. The number of hydrogen-bond donors (Lipinski definition) is 1. The summed E-state index contributed by atoms with van der Waals surface area (Å²) in [5.74, 6) is -0.201. The average molecular weight is 328 g/mol. The molecule has 0 aliphatic carbocycles. The molecule has 0 atom stereocenters. The molecule has 0 spiro atoms. The number of hydrogen-bond acceptors (Lipinski definition) is 6. The van der Waals surface area contributed by atoms with Crippen molar-refractivity contribution >= 4 is 11.6 Å². The summed E-state index contributed by atoms with van der Waals surface area (Å²) in [6, 6.07) is 9.16. The number of carbonyl (C=O) groups excluding carboxylic acids is 1. The molecule has 0 bridgehead atoms. The van der Waals surface area contributed by atoms with E-state index < -0.39 is 11.7 Å². The zero-order valence-electron chi connectivity index (χ0n) is 12.5. The van der Waals surface area contributed by atoms with Crippen LogP contribution in [0.5, 0.6) is 0 Å². The number of nitrogens with zero attached hydrogens (tertiary/aromatic N) is 3. The Hall–Kier alpha value is -3.13. The third-order valence-electron chi connectivity index (χ3n) is 2.95. The summed E-state index contributed by atoms with van der Waals surface area (Å²) < 4.78 is 23.3. The highest BCUT2D eigenvalue weighted by atomic mass is 19.1. The minimum atomic E-state index is -0.428. The van der Waals surface area contributed by atoms with Crippen molar-refractivity contribution in [2.75, 3.05) is 11.9 Å². The van der Waals surface area contributed by atoms with Gasteiger partial charge in [-0.3, -0.25) is 9.78 Å². The monoisotopic (exact) mass is 328 g/mol. The molecule has 2 heterocycles. The fourth-order valence-corrected chi connectivity index (χ4v) is 1.92. The minimum Gasteiger partial charge on any atom is -0.362 e. The maximum atomic E-state index is 13.0. The molecule has 122 valence electrons. The van der Waals surface area contributed by atoms with Crippen LogP contribution in [0, 0.1) is 5.82 Å². The third-order valence-corrected chi connectivity index (χ3v) is 2.95. The van der Waals surface area contributed by atoms with E-state index in [1.807, 2.05) is 0 Å². The topological polar surface area (TPSA) is 90.1 Å². The Balaban J connectivity index is 1.48. The number of anilines is 1. The van der Waals surface area contributed by atoms with Gasteiger partial charge >= 0.3 is 0 Å². The van der Waals surface area contributed by atoms with Gasteiger partial charge in [-0.05, 0) is 30.3 Å². The fraction of sp³-hybridized carbons (Fsp3) is 0.125. The van der Waals surface area contributed by atoms with E-state index >= 15 is 0 Å². The van der Waals surface area contributed by atoms with Crippen molar-refractivity contribution in [3.05, 3.63) is 60.5 Å². The molecule has 1 N–H and O–H groups in total. The molecule has 3 aromatic rings. The maximum Gasteiger partial charge on any atom is 0.252 e. The summed E-state index contributed by atoms with van der Waals surface area (Å²) in [5.41, 5.74) is 1.08. The van der Waals surface area contributed by atoms with E-state index in [0.717, 1.165) is 5.56 Å². The van der Waals surface area contributed by atoms with Crippen molar-refractivity contribution < 1.29 is 18.4 Å². The molecule has 3 rings (SSSR count). The Morgan fingerprint density at radius 2 is 2.21 bits per heavy atom. The van der Waals surface area contributed by atoms with E-state index in [1.54, 1.807) is 30.6 Å². The van der Waals surface area contributed by atoms with Gasteiger partial charge in [-0.1, -0.05) is 11.2 Å². The molecular weight excluding hydrogens is 315 g/mol. The van der Waals surface area contributed by atoms with Gasteiger partial charge in [0.15, 0.2) is 0 Å². The van der Waals surface area contributed by atoms with Crippen LogP contribution in [-0.2, 0) is 16.1 Å². The van der Waals surface area contributed by atoms with Crippen LogP contribution >= 0.6 is 0 Å². The maximum absolute atomic E-state index is 13.0. The van der Waals surface area contributed by atoms with Crippen molar-refractivity contribution in [2.45, 2.75) is 6.61 Å². The van der Waals surface area contributed by atoms with Crippen LogP contribution in [0.2, 0.25) is 0 Å². The third kappa shape index (κ3) is 4.20. The number of halogens is 1. The number of amides is 1. The number of aromatic nitrogens is 3. The van der Waals surface area contributed by atoms with E-state index in [0.29, 0.717) is 11.5 Å². The number of ether oxygens (including phenoxy) is 1. The molecule has 0 radical (unpaired) electrons. The molecule has 8 heteroatoms. The highest BCUT2D eigenvalue weighted by Crippen LogP contribution is 2.14. The summed E-state index contributed by atoms with van der Waals surface area (Å²) in [4.78, 5) is 19.8. The summed E-state index contributed by atoms with van der Waals surface area (Å²) in [6.07, 6.45) is 3.26. The van der Waals surface area contributed by atoms with Gasteiger partial charge in [0.25, 0.3) is 5.89 Å². The Kier molecular flexibility index (Phi) is 4.87. The largest absolute Gasteiger partial charge is 0.362 e. The first-order valence-corrected chi connectivity index (χ1v) is 7.07. The van der Waals surface area contributed by atoms with E-state index in [2.05, 4.69) is 20.4 Å². The predicted molar refractivity (Wildman–Crippen MR) is 82.2 cm³/mol. The second-order valence-electron chi connectivity index (χ2n) is 4.80. The Labute approximate surface area is 136 Å². The van der Waals surface area contributed by atoms with Crippen LogP contribution in [-0.4, -0.2) is 27.6 Å². The number of benzene rings is 1. The molecule has 0 fully saturated rings. The van der Waals surface area contributed by atoms with Crippen LogP contribution in [0.1, 0.15) is 5.89 Å². The second-order valence-corrected chi connectivity index (χ2v) is 4.80. The van der Waals surface area contributed by atoms with Crippen LogP contribution in [0.3, 0.4) is 0 Å². The highest BCUT2D eigenvalue weighted by Gasteiger charge is 2.10. The zero-order chi connectivity index (χ0) is 16.8. The second kappa shape index (κ2) is 7.42. The van der Waals surface area contributed by atoms with E-state index in [4.69, 9.17) is 9.26 Å². The van der Waals surface area contributed by atoms with Gasteiger partial charge in [0, 0.05) is 23.6 Å². The van der Waals surface area contributed by atoms with Crippen LogP contribution in [0.15, 0.2) is 53.3 Å². The number of nitrogens with one attached hydrogen (secondary N) is 1. The van der Waals surface area contributed by atoms with Gasteiger partial charge in [-0.25, -0.2) is 4.39 Å². The van der Waals surface area contributed by atoms with Crippen LogP contribution < -0.4 is 5.32 Å². The minimum absolute atomic E-state index is 0.0101. The molecule has 0 aliphatic rings. The first kappa shape index (κ1) is 15.8. The van der Waals surface area contributed by atoms with Crippen LogP contribution in [0.4, 0.5) is 10.1 Å². The first-order chi connectivity index (χ1) is 11.7. The summed E-state index contributed by atoms with van der Waals surface area (Å²) in [5, 5.41) is 6.33. The van der Waals surface area contributed by atoms with E-state index in [-0.39, 0.29) is 19.1 Å². The van der Waals surface area contributed by atoms with Crippen molar-refractivity contribution in [2.24, 2.45) is 0 Å². The van der Waals surface area contributed by atoms with Crippen LogP contribution in [0.25, 0.3) is 11.4 Å². The molecule has 24 heavy (non-hydrogen) atoms. The van der Waals surface area contributed by atoms with Crippen molar-refractivity contribution in [1.29, 1.82) is 0 Å². The lowest BCUT2D eigenvalue weighted by Crippen LogP contribution is -2.18. The Morgan fingerprint density at radius 1 is 1.29 bits per heavy atom. The van der Waals surface area contributed by atoms with E-state index in [9.17, 15) is 9.18 Å². The van der Waals surface area contributed by atoms with Crippen molar-refractivity contribution in [3.8, 4) is 11.4 Å². The highest BCUT2D eigenvalue weighted by molar-refractivity contribution is 5.91. The lowest BCUT2D eigenvalue weighted by Gasteiger charge is -2.04. The lowest BCUT2D eigenvalue weighted by molar-refractivity contribution is -0.121. The summed E-state index contributed by atoms with van der Waals surface area (Å²) >= 11 is 0. The molecule has 1 aromatic carbocycles. The van der Waals surface area contributed by atoms with Crippen molar-refractivity contribution in [3.63, 3.8) is 0 Å². The van der Waals surface area contributed by atoms with E-state index in [1.165, 1.54) is 18.2 Å². The molecule has 0 saturated carbocycles. The standard InChI is InChI=1S/C16H13FN4O3/c17-12-4-1-5-13(7-12)19-14(22)9-23-10-15-20-16(21-24-15)11-3-2-6-18-8-11/h1-8H,9-10H2,(H,19,22). The SMILES string of the molecule is O=C(COCc1nc(-c2cccnc2)no1)Nc1cccc(F)c1. The predicted octanol–water partition coefficient (Wildman–Crippen LogP) is 2.43. The number of rotatable bonds is 6. The average Bonchev–Trinajstić information content (AvgIpc) is 3.04. The molecule has 0 unspecified atom stereocenters. The fourth-order valence-electron chi connectivity index (χ4n) is 1.92. The quantitative estimate of drug-likeness (QED) is 0.747. The smallest absolute Gasteiger partial charge is 0.252 e. The molecule has 2 aromatic heterocycles. The van der Waals surface area contributed by atoms with Gasteiger partial charge in [-0.15, -0.1) is 0 Å².